The van der Waals surface area contributed by atoms with Crippen LogP contribution in [0.5, 0.6) is 0 Å². The summed E-state index contributed by atoms with van der Waals surface area (Å²) in [6, 6.07) is 14.9. The molecule has 1 atom stereocenters. The van der Waals surface area contributed by atoms with Crippen molar-refractivity contribution in [3.63, 3.8) is 0 Å². The van der Waals surface area contributed by atoms with E-state index in [2.05, 4.69) is 17.6 Å². The number of carboxylic acids is 1. The molecule has 2 aliphatic carbocycles. The summed E-state index contributed by atoms with van der Waals surface area (Å²) in [7, 11) is 0. The summed E-state index contributed by atoms with van der Waals surface area (Å²) in [4.78, 5) is 15.0. The lowest BCUT2D eigenvalue weighted by molar-refractivity contribution is -0.136. The highest BCUT2D eigenvalue weighted by atomic mass is 32.1. The monoisotopic (exact) mass is 345 g/mol. The van der Waals surface area contributed by atoms with Crippen LogP contribution < -0.4 is 0 Å². The lowest BCUT2D eigenvalue weighted by Crippen LogP contribution is -2.04. The molecule has 0 radical (unpaired) electrons. The highest BCUT2D eigenvalue weighted by Gasteiger charge is 2.18. The van der Waals surface area contributed by atoms with Crippen LogP contribution >= 0.6 is 24.0 Å². The average Bonchev–Trinajstić information content (AvgIpc) is 3.02. The van der Waals surface area contributed by atoms with Crippen LogP contribution in [-0.2, 0) is 4.79 Å². The third kappa shape index (κ3) is 3.28. The predicted octanol–water partition coefficient (Wildman–Crippen LogP) is 4.29. The van der Waals surface area contributed by atoms with Gasteiger partial charge in [-0.05, 0) is 11.3 Å². The van der Waals surface area contributed by atoms with Gasteiger partial charge in [-0.1, -0.05) is 42.5 Å². The number of thiol groups is 1. The van der Waals surface area contributed by atoms with Crippen LogP contribution in [0.1, 0.15) is 10.3 Å². The fourth-order valence-electron chi connectivity index (χ4n) is 2.00. The highest BCUT2D eigenvalue weighted by Crippen LogP contribution is 2.28. The number of hydrogen-bond acceptors (Lipinski definition) is 4. The minimum Gasteiger partial charge on any atom is -0.480 e. The third-order valence-electron chi connectivity index (χ3n) is 3.34. The number of hydrogen-bond donors (Lipinski definition) is 2. The summed E-state index contributed by atoms with van der Waals surface area (Å²) in [6.07, 6.45) is 0. The number of halogens is 1. The van der Waals surface area contributed by atoms with Gasteiger partial charge in [-0.25, -0.2) is 9.37 Å². The molecule has 4 rings (SSSR count). The number of carbonyl (C=O) groups is 1. The van der Waals surface area contributed by atoms with Gasteiger partial charge >= 0.3 is 5.97 Å². The maximum absolute atomic E-state index is 12.0. The first-order chi connectivity index (χ1) is 11.1. The van der Waals surface area contributed by atoms with Gasteiger partial charge in [-0.2, -0.15) is 12.6 Å². The number of benzene rings is 2. The Morgan fingerprint density at radius 2 is 1.96 bits per heavy atom. The number of aromatic nitrogens is 1. The SMILES string of the molecule is Fc1cc2ccc1=2.O=C(O)C(S)c1nc(-c2ccccc2)cs1. The van der Waals surface area contributed by atoms with Crippen molar-refractivity contribution in [3.05, 3.63) is 75.2 Å². The second kappa shape index (κ2) is 6.52. The summed E-state index contributed by atoms with van der Waals surface area (Å²) < 4.78 is 12.0. The van der Waals surface area contributed by atoms with Gasteiger partial charge in [0.2, 0.25) is 0 Å². The van der Waals surface area contributed by atoms with Gasteiger partial charge in [0.15, 0.2) is 5.25 Å². The Hall–Kier alpha value is -2.18. The quantitative estimate of drug-likeness (QED) is 0.545. The predicted molar refractivity (Wildman–Crippen MR) is 91.0 cm³/mol. The maximum atomic E-state index is 12.0. The van der Waals surface area contributed by atoms with Crippen molar-refractivity contribution in [2.75, 3.05) is 0 Å². The Bertz CT molecular complexity index is 941. The Labute approximate surface area is 141 Å². The van der Waals surface area contributed by atoms with E-state index in [-0.39, 0.29) is 5.82 Å². The van der Waals surface area contributed by atoms with Gasteiger partial charge in [-0.15, -0.1) is 11.3 Å². The summed E-state index contributed by atoms with van der Waals surface area (Å²) in [5.41, 5.74) is 1.77. The summed E-state index contributed by atoms with van der Waals surface area (Å²) in [5, 5.41) is 12.2. The number of rotatable bonds is 3. The molecular weight excluding hydrogens is 333 g/mol. The molecule has 2 aliphatic rings. The van der Waals surface area contributed by atoms with Crippen LogP contribution in [0.3, 0.4) is 0 Å². The Morgan fingerprint density at radius 3 is 2.39 bits per heavy atom. The van der Waals surface area contributed by atoms with Gasteiger partial charge in [0, 0.05) is 16.2 Å². The van der Waals surface area contributed by atoms with Gasteiger partial charge in [0.25, 0.3) is 0 Å². The number of carboxylic acid groups (broad SMARTS) is 1. The van der Waals surface area contributed by atoms with Crippen molar-refractivity contribution in [3.8, 4) is 11.3 Å². The molecule has 0 bridgehead atoms. The Balaban J connectivity index is 0.000000183. The largest absolute Gasteiger partial charge is 0.480 e. The molecule has 0 saturated heterocycles. The maximum Gasteiger partial charge on any atom is 0.323 e. The fourth-order valence-corrected chi connectivity index (χ4v) is 3.05. The van der Waals surface area contributed by atoms with E-state index in [0.29, 0.717) is 5.01 Å². The molecule has 0 aliphatic heterocycles. The first-order valence-electron chi connectivity index (χ1n) is 6.78. The molecule has 0 fully saturated rings. The van der Waals surface area contributed by atoms with Crippen molar-refractivity contribution in [2.24, 2.45) is 0 Å². The standard InChI is InChI=1S/C11H9NO2S2.C6H3F/c13-11(14)9(15)10-12-8(6-16-10)7-4-2-1-3-5-7;7-6-3-4-1-2-5(4)6/h1-6,9,15H,(H,13,14);1-3H. The van der Waals surface area contributed by atoms with Gasteiger partial charge in [0.05, 0.1) is 5.69 Å². The van der Waals surface area contributed by atoms with E-state index < -0.39 is 11.2 Å². The average molecular weight is 345 g/mol. The second-order valence-corrected chi connectivity index (χ2v) is 6.28. The lowest BCUT2D eigenvalue weighted by Gasteiger charge is -2.00. The van der Waals surface area contributed by atoms with Crippen molar-refractivity contribution in [1.82, 2.24) is 4.98 Å². The number of aliphatic carboxylic acids is 1. The minimum absolute atomic E-state index is 0.0579. The van der Waals surface area contributed by atoms with Crippen molar-refractivity contribution in [1.29, 1.82) is 0 Å². The van der Waals surface area contributed by atoms with E-state index in [0.717, 1.165) is 21.7 Å². The van der Waals surface area contributed by atoms with Crippen LogP contribution in [0.2, 0.25) is 0 Å². The molecule has 1 aromatic carbocycles. The molecule has 1 N–H and O–H groups in total. The number of nitrogens with zero attached hydrogens (tertiary/aromatic N) is 1. The Kier molecular flexibility index (Phi) is 4.45. The zero-order valence-corrected chi connectivity index (χ0v) is 13.5. The summed E-state index contributed by atoms with van der Waals surface area (Å²) in [5.74, 6) is -1.03. The first-order valence-corrected chi connectivity index (χ1v) is 8.17. The molecule has 0 saturated carbocycles. The molecule has 0 amide bonds. The van der Waals surface area contributed by atoms with Crippen LogP contribution in [0, 0.1) is 16.3 Å². The molecule has 6 heteroatoms. The van der Waals surface area contributed by atoms with E-state index in [1.165, 1.54) is 17.4 Å². The van der Waals surface area contributed by atoms with Crippen molar-refractivity contribution >= 4 is 29.9 Å². The van der Waals surface area contributed by atoms with Crippen LogP contribution in [0.25, 0.3) is 11.3 Å². The van der Waals surface area contributed by atoms with Crippen LogP contribution in [0.4, 0.5) is 4.39 Å². The molecular formula is C17H12FNO2S2. The lowest BCUT2D eigenvalue weighted by atomic mass is 10.1. The zero-order chi connectivity index (χ0) is 16.4. The molecule has 23 heavy (non-hydrogen) atoms. The van der Waals surface area contributed by atoms with E-state index in [9.17, 15) is 9.18 Å². The van der Waals surface area contributed by atoms with E-state index in [4.69, 9.17) is 5.11 Å². The summed E-state index contributed by atoms with van der Waals surface area (Å²) >= 11 is 5.30. The van der Waals surface area contributed by atoms with Crippen molar-refractivity contribution in [2.45, 2.75) is 5.25 Å². The van der Waals surface area contributed by atoms with Crippen LogP contribution in [-0.4, -0.2) is 16.1 Å². The third-order valence-corrected chi connectivity index (χ3v) is 4.89. The molecule has 1 unspecified atom stereocenters. The normalized spacial score (nSPS) is 12.1. The molecule has 2 aromatic rings. The summed E-state index contributed by atoms with van der Waals surface area (Å²) in [6.45, 7) is 0. The minimum atomic E-state index is -0.975. The first kappa shape index (κ1) is 15.7. The fraction of sp³-hybridized carbons (Fsp3) is 0.0588. The van der Waals surface area contributed by atoms with Crippen LogP contribution in [0.15, 0.2) is 53.9 Å². The highest BCUT2D eigenvalue weighted by molar-refractivity contribution is 7.81. The van der Waals surface area contributed by atoms with Gasteiger partial charge in [0.1, 0.15) is 10.8 Å². The topological polar surface area (TPSA) is 50.2 Å². The van der Waals surface area contributed by atoms with E-state index >= 15 is 0 Å². The van der Waals surface area contributed by atoms with E-state index in [1.54, 1.807) is 6.07 Å². The molecule has 116 valence electrons. The second-order valence-electron chi connectivity index (χ2n) is 4.87. The molecule has 1 aromatic heterocycles. The van der Waals surface area contributed by atoms with Crippen molar-refractivity contribution < 1.29 is 14.3 Å². The number of thiazole rings is 1. The van der Waals surface area contributed by atoms with Gasteiger partial charge < -0.3 is 5.11 Å². The van der Waals surface area contributed by atoms with E-state index in [1.807, 2.05) is 41.8 Å². The molecule has 3 nitrogen and oxygen atoms in total. The molecule has 1 heterocycles. The van der Waals surface area contributed by atoms with Gasteiger partial charge in [-0.3, -0.25) is 4.79 Å². The molecule has 0 spiro atoms. The zero-order valence-electron chi connectivity index (χ0n) is 11.8. The Morgan fingerprint density at radius 1 is 1.22 bits per heavy atom. The smallest absolute Gasteiger partial charge is 0.323 e.